The number of methoxy groups -OCH3 is 2. The third-order valence-electron chi connectivity index (χ3n) is 3.58. The van der Waals surface area contributed by atoms with Gasteiger partial charge in [-0.05, 0) is 36.6 Å². The number of benzene rings is 1. The SMILES string of the molecule is COc1cc2c(cc1OC)[C@@H](C)C(=O)N(C)CC2. The molecule has 18 heavy (non-hydrogen) atoms. The summed E-state index contributed by atoms with van der Waals surface area (Å²) in [5.74, 6) is 1.43. The molecule has 1 aliphatic heterocycles. The Hall–Kier alpha value is -1.71. The van der Waals surface area contributed by atoms with Crippen LogP contribution in [0.4, 0.5) is 0 Å². The first kappa shape index (κ1) is 12.7. The van der Waals surface area contributed by atoms with Crippen LogP contribution in [-0.4, -0.2) is 38.6 Å². The first-order chi connectivity index (χ1) is 8.58. The van der Waals surface area contributed by atoms with E-state index < -0.39 is 0 Å². The zero-order valence-electron chi connectivity index (χ0n) is 11.3. The van der Waals surface area contributed by atoms with Gasteiger partial charge in [-0.25, -0.2) is 0 Å². The standard InChI is InChI=1S/C14H19NO3/c1-9-11-8-13(18-4)12(17-3)7-10(11)5-6-15(2)14(9)16/h7-9H,5-6H2,1-4H3/t9-/m1/s1. The van der Waals surface area contributed by atoms with Crippen LogP contribution in [0.15, 0.2) is 12.1 Å². The number of likely N-dealkylation sites (N-methyl/N-ethyl adjacent to an activating group) is 1. The van der Waals surface area contributed by atoms with Gasteiger partial charge in [0.25, 0.3) is 0 Å². The van der Waals surface area contributed by atoms with Crippen molar-refractivity contribution in [3.8, 4) is 11.5 Å². The molecular formula is C14H19NO3. The van der Waals surface area contributed by atoms with Crippen molar-refractivity contribution in [2.45, 2.75) is 19.3 Å². The smallest absolute Gasteiger partial charge is 0.229 e. The van der Waals surface area contributed by atoms with Gasteiger partial charge in [-0.2, -0.15) is 0 Å². The number of amides is 1. The maximum Gasteiger partial charge on any atom is 0.229 e. The minimum absolute atomic E-state index is 0.132. The van der Waals surface area contributed by atoms with Gasteiger partial charge in [-0.3, -0.25) is 4.79 Å². The minimum Gasteiger partial charge on any atom is -0.493 e. The lowest BCUT2D eigenvalue weighted by Crippen LogP contribution is -2.29. The molecule has 1 amide bonds. The number of ether oxygens (including phenoxy) is 2. The Morgan fingerprint density at radius 1 is 1.22 bits per heavy atom. The van der Waals surface area contributed by atoms with E-state index in [1.54, 1.807) is 19.1 Å². The highest BCUT2D eigenvalue weighted by molar-refractivity contribution is 5.84. The quantitative estimate of drug-likeness (QED) is 0.802. The Labute approximate surface area is 107 Å². The molecule has 0 N–H and O–H groups in total. The number of hydrogen-bond donors (Lipinski definition) is 0. The summed E-state index contributed by atoms with van der Waals surface area (Å²) in [4.78, 5) is 13.9. The number of carbonyl (C=O) groups is 1. The average Bonchev–Trinajstić information content (AvgIpc) is 2.50. The van der Waals surface area contributed by atoms with Gasteiger partial charge in [-0.15, -0.1) is 0 Å². The third-order valence-corrected chi connectivity index (χ3v) is 3.58. The van der Waals surface area contributed by atoms with Crippen molar-refractivity contribution in [1.82, 2.24) is 4.90 Å². The van der Waals surface area contributed by atoms with Gasteiger partial charge in [0.15, 0.2) is 11.5 Å². The molecule has 0 saturated carbocycles. The molecule has 0 bridgehead atoms. The summed E-state index contributed by atoms with van der Waals surface area (Å²) in [5, 5.41) is 0. The van der Waals surface area contributed by atoms with E-state index in [9.17, 15) is 4.79 Å². The number of carbonyl (C=O) groups excluding carboxylic acids is 1. The Bertz CT molecular complexity index is 470. The molecule has 0 spiro atoms. The molecule has 1 aromatic carbocycles. The average molecular weight is 249 g/mol. The molecule has 0 fully saturated rings. The molecule has 98 valence electrons. The van der Waals surface area contributed by atoms with Gasteiger partial charge in [0.2, 0.25) is 5.91 Å². The van der Waals surface area contributed by atoms with E-state index in [2.05, 4.69) is 0 Å². The predicted octanol–water partition coefficient (Wildman–Crippen LogP) is 1.82. The van der Waals surface area contributed by atoms with Crippen LogP contribution in [-0.2, 0) is 11.2 Å². The fourth-order valence-electron chi connectivity index (χ4n) is 2.42. The largest absolute Gasteiger partial charge is 0.493 e. The van der Waals surface area contributed by atoms with Crippen LogP contribution in [0.2, 0.25) is 0 Å². The molecule has 4 nitrogen and oxygen atoms in total. The molecule has 1 atom stereocenters. The molecule has 0 aromatic heterocycles. The maximum atomic E-state index is 12.1. The van der Waals surface area contributed by atoms with Gasteiger partial charge < -0.3 is 14.4 Å². The number of fused-ring (bicyclic) bond motifs is 1. The van der Waals surface area contributed by atoms with Crippen LogP contribution in [0.3, 0.4) is 0 Å². The molecule has 0 unspecified atom stereocenters. The van der Waals surface area contributed by atoms with Crippen LogP contribution in [0, 0.1) is 0 Å². The molecule has 1 aliphatic rings. The lowest BCUT2D eigenvalue weighted by molar-refractivity contribution is -0.130. The fraction of sp³-hybridized carbons (Fsp3) is 0.500. The van der Waals surface area contributed by atoms with Crippen molar-refractivity contribution in [2.75, 3.05) is 27.8 Å². The van der Waals surface area contributed by atoms with Crippen LogP contribution in [0.1, 0.15) is 24.0 Å². The molecule has 4 heteroatoms. The van der Waals surface area contributed by atoms with Crippen molar-refractivity contribution in [3.63, 3.8) is 0 Å². The molecular weight excluding hydrogens is 230 g/mol. The molecule has 0 aliphatic carbocycles. The summed E-state index contributed by atoms with van der Waals surface area (Å²) in [5.41, 5.74) is 2.21. The molecule has 0 radical (unpaired) electrons. The highest BCUT2D eigenvalue weighted by atomic mass is 16.5. The lowest BCUT2D eigenvalue weighted by atomic mass is 9.94. The van der Waals surface area contributed by atoms with Crippen molar-refractivity contribution >= 4 is 5.91 Å². The van der Waals surface area contributed by atoms with E-state index in [4.69, 9.17) is 9.47 Å². The summed E-state index contributed by atoms with van der Waals surface area (Å²) in [6, 6.07) is 3.91. The zero-order chi connectivity index (χ0) is 13.3. The van der Waals surface area contributed by atoms with Crippen molar-refractivity contribution in [2.24, 2.45) is 0 Å². The van der Waals surface area contributed by atoms with Crippen molar-refractivity contribution in [1.29, 1.82) is 0 Å². The Kier molecular flexibility index (Phi) is 3.45. The second-order valence-corrected chi connectivity index (χ2v) is 4.64. The van der Waals surface area contributed by atoms with Crippen molar-refractivity contribution in [3.05, 3.63) is 23.3 Å². The summed E-state index contributed by atoms with van der Waals surface area (Å²) >= 11 is 0. The van der Waals surface area contributed by atoms with Gasteiger partial charge in [0, 0.05) is 13.6 Å². The topological polar surface area (TPSA) is 38.8 Å². The Morgan fingerprint density at radius 3 is 2.44 bits per heavy atom. The summed E-state index contributed by atoms with van der Waals surface area (Å²) in [6.45, 7) is 2.68. The van der Waals surface area contributed by atoms with Crippen molar-refractivity contribution < 1.29 is 14.3 Å². The molecule has 0 saturated heterocycles. The van der Waals surface area contributed by atoms with Gasteiger partial charge in [0.1, 0.15) is 0 Å². The third kappa shape index (κ3) is 2.03. The minimum atomic E-state index is -0.132. The highest BCUT2D eigenvalue weighted by Crippen LogP contribution is 2.35. The van der Waals surface area contributed by atoms with Crippen LogP contribution >= 0.6 is 0 Å². The Morgan fingerprint density at radius 2 is 1.83 bits per heavy atom. The fourth-order valence-corrected chi connectivity index (χ4v) is 2.42. The van der Waals surface area contributed by atoms with E-state index in [1.807, 2.05) is 26.1 Å². The highest BCUT2D eigenvalue weighted by Gasteiger charge is 2.26. The van der Waals surface area contributed by atoms with E-state index >= 15 is 0 Å². The van der Waals surface area contributed by atoms with Crippen LogP contribution in [0.25, 0.3) is 0 Å². The molecule has 1 heterocycles. The van der Waals surface area contributed by atoms with E-state index in [1.165, 1.54) is 0 Å². The summed E-state index contributed by atoms with van der Waals surface area (Å²) in [6.07, 6.45) is 0.849. The van der Waals surface area contributed by atoms with Gasteiger partial charge in [0.05, 0.1) is 20.1 Å². The summed E-state index contributed by atoms with van der Waals surface area (Å²) in [7, 11) is 5.08. The first-order valence-corrected chi connectivity index (χ1v) is 6.08. The van der Waals surface area contributed by atoms with Crippen LogP contribution in [0.5, 0.6) is 11.5 Å². The van der Waals surface area contributed by atoms with Gasteiger partial charge in [-0.1, -0.05) is 0 Å². The normalized spacial score (nSPS) is 19.2. The zero-order valence-corrected chi connectivity index (χ0v) is 11.3. The number of nitrogens with zero attached hydrogens (tertiary/aromatic N) is 1. The predicted molar refractivity (Wildman–Crippen MR) is 69.3 cm³/mol. The number of rotatable bonds is 2. The van der Waals surface area contributed by atoms with E-state index in [0.717, 1.165) is 29.8 Å². The van der Waals surface area contributed by atoms with E-state index in [0.29, 0.717) is 5.75 Å². The monoisotopic (exact) mass is 249 g/mol. The Balaban J connectivity index is 2.52. The maximum absolute atomic E-state index is 12.1. The molecule has 1 aromatic rings. The van der Waals surface area contributed by atoms with E-state index in [-0.39, 0.29) is 11.8 Å². The lowest BCUT2D eigenvalue weighted by Gasteiger charge is -2.18. The van der Waals surface area contributed by atoms with Gasteiger partial charge >= 0.3 is 0 Å². The number of hydrogen-bond acceptors (Lipinski definition) is 3. The second-order valence-electron chi connectivity index (χ2n) is 4.64. The van der Waals surface area contributed by atoms with Crippen LogP contribution < -0.4 is 9.47 Å². The molecule has 2 rings (SSSR count). The summed E-state index contributed by atoms with van der Waals surface area (Å²) < 4.78 is 10.6. The first-order valence-electron chi connectivity index (χ1n) is 6.08. The second kappa shape index (κ2) is 4.88.